The van der Waals surface area contributed by atoms with Crippen LogP contribution < -0.4 is 15.4 Å². The number of nitrogens with zero attached hydrogens (tertiary/aromatic N) is 1. The van der Waals surface area contributed by atoms with E-state index in [2.05, 4.69) is 15.6 Å². The van der Waals surface area contributed by atoms with Crippen LogP contribution in [0.2, 0.25) is 5.02 Å². The number of halogens is 1. The Morgan fingerprint density at radius 3 is 2.50 bits per heavy atom. The number of methoxy groups -OCH3 is 1. The van der Waals surface area contributed by atoms with Crippen LogP contribution in [-0.2, 0) is 0 Å². The molecule has 3 aromatic rings. The molecule has 0 bridgehead atoms. The number of ether oxygens (including phenoxy) is 1. The Hall–Kier alpha value is -3.05. The number of aromatic nitrogens is 1. The Labute approximate surface area is 157 Å². The van der Waals surface area contributed by atoms with E-state index in [1.165, 1.54) is 7.11 Å². The summed E-state index contributed by atoms with van der Waals surface area (Å²) in [6.07, 6.45) is 1.63. The minimum atomic E-state index is -0.311. The molecule has 2 N–H and O–H groups in total. The normalized spacial score (nSPS) is 10.3. The van der Waals surface area contributed by atoms with Gasteiger partial charge >= 0.3 is 0 Å². The zero-order valence-corrected chi connectivity index (χ0v) is 15.2. The second kappa shape index (κ2) is 7.89. The van der Waals surface area contributed by atoms with Crippen LogP contribution in [0.3, 0.4) is 0 Å². The third-order valence-corrected chi connectivity index (χ3v) is 4.13. The van der Waals surface area contributed by atoms with Gasteiger partial charge in [0, 0.05) is 11.4 Å². The fourth-order valence-corrected chi connectivity index (χ4v) is 2.67. The average Bonchev–Trinajstić information content (AvgIpc) is 2.64. The van der Waals surface area contributed by atoms with Crippen molar-refractivity contribution in [2.45, 2.75) is 6.92 Å². The molecule has 2 aromatic carbocycles. The highest BCUT2D eigenvalue weighted by atomic mass is 35.5. The number of anilines is 3. The largest absolute Gasteiger partial charge is 0.495 e. The van der Waals surface area contributed by atoms with Crippen LogP contribution in [0.25, 0.3) is 0 Å². The zero-order valence-electron chi connectivity index (χ0n) is 14.4. The van der Waals surface area contributed by atoms with Crippen LogP contribution in [0.5, 0.6) is 5.75 Å². The van der Waals surface area contributed by atoms with Crippen molar-refractivity contribution in [1.82, 2.24) is 4.98 Å². The summed E-state index contributed by atoms with van der Waals surface area (Å²) in [5, 5.41) is 6.48. The van der Waals surface area contributed by atoms with Crippen LogP contribution in [0, 0.1) is 6.92 Å². The molecule has 0 radical (unpaired) electrons. The molecular weight excluding hydrogens is 350 g/mol. The first-order chi connectivity index (χ1) is 12.6. The summed E-state index contributed by atoms with van der Waals surface area (Å²) in [5.74, 6) is 0.239. The van der Waals surface area contributed by atoms with E-state index in [1.54, 1.807) is 30.5 Å². The second-order valence-electron chi connectivity index (χ2n) is 5.68. The van der Waals surface area contributed by atoms with E-state index in [1.807, 2.05) is 37.3 Å². The Balaban J connectivity index is 1.69. The molecule has 0 unspecified atom stereocenters. The minimum absolute atomic E-state index is 0.311. The van der Waals surface area contributed by atoms with E-state index >= 15 is 0 Å². The van der Waals surface area contributed by atoms with Crippen molar-refractivity contribution in [2.24, 2.45) is 0 Å². The van der Waals surface area contributed by atoms with Crippen molar-refractivity contribution < 1.29 is 9.53 Å². The van der Waals surface area contributed by atoms with Gasteiger partial charge in [0.1, 0.15) is 11.4 Å². The van der Waals surface area contributed by atoms with E-state index in [4.69, 9.17) is 16.3 Å². The van der Waals surface area contributed by atoms with Crippen LogP contribution in [0.4, 0.5) is 17.1 Å². The number of aryl methyl sites for hydroxylation is 1. The topological polar surface area (TPSA) is 63.2 Å². The number of para-hydroxylation sites is 1. The van der Waals surface area contributed by atoms with Gasteiger partial charge < -0.3 is 15.4 Å². The number of amides is 1. The molecule has 26 heavy (non-hydrogen) atoms. The number of pyridine rings is 1. The lowest BCUT2D eigenvalue weighted by atomic mass is 10.2. The first kappa shape index (κ1) is 17.8. The van der Waals surface area contributed by atoms with E-state index in [0.717, 1.165) is 16.9 Å². The predicted octanol–water partition coefficient (Wildman–Crippen LogP) is 5.05. The number of hydrogen-bond acceptors (Lipinski definition) is 4. The standard InChI is InChI=1S/C20H18ClN3O2/c1-13-5-3-4-6-17(13)23-15-7-9-18(22-12-15)20(25)24-14-8-10-19(26-2)16(21)11-14/h3-12,23H,1-2H3,(H,24,25). The molecule has 0 spiro atoms. The van der Waals surface area contributed by atoms with Gasteiger partial charge in [-0.3, -0.25) is 4.79 Å². The molecule has 132 valence electrons. The van der Waals surface area contributed by atoms with Crippen molar-refractivity contribution in [3.63, 3.8) is 0 Å². The molecule has 5 nitrogen and oxygen atoms in total. The molecule has 0 aliphatic heterocycles. The third-order valence-electron chi connectivity index (χ3n) is 3.83. The number of benzene rings is 2. The minimum Gasteiger partial charge on any atom is -0.495 e. The summed E-state index contributed by atoms with van der Waals surface area (Å²) in [6, 6.07) is 16.5. The highest BCUT2D eigenvalue weighted by molar-refractivity contribution is 6.32. The van der Waals surface area contributed by atoms with Crippen LogP contribution in [-0.4, -0.2) is 18.0 Å². The molecule has 1 heterocycles. The average molecular weight is 368 g/mol. The van der Waals surface area contributed by atoms with Crippen LogP contribution >= 0.6 is 11.6 Å². The van der Waals surface area contributed by atoms with Gasteiger partial charge in [-0.25, -0.2) is 4.98 Å². The SMILES string of the molecule is COc1ccc(NC(=O)c2ccc(Nc3ccccc3C)cn2)cc1Cl. The fraction of sp³-hybridized carbons (Fsp3) is 0.100. The van der Waals surface area contributed by atoms with Gasteiger partial charge in [-0.15, -0.1) is 0 Å². The molecule has 0 aliphatic carbocycles. The van der Waals surface area contributed by atoms with Crippen molar-refractivity contribution in [3.05, 3.63) is 77.1 Å². The highest BCUT2D eigenvalue weighted by Crippen LogP contribution is 2.27. The number of nitrogens with one attached hydrogen (secondary N) is 2. The van der Waals surface area contributed by atoms with Gasteiger partial charge in [0.05, 0.1) is 24.0 Å². The van der Waals surface area contributed by atoms with Gasteiger partial charge in [0.15, 0.2) is 0 Å². The van der Waals surface area contributed by atoms with Crippen molar-refractivity contribution in [1.29, 1.82) is 0 Å². The Morgan fingerprint density at radius 1 is 1.08 bits per heavy atom. The maximum atomic E-state index is 12.3. The lowest BCUT2D eigenvalue weighted by Gasteiger charge is -2.10. The number of carbonyl (C=O) groups excluding carboxylic acids is 1. The van der Waals surface area contributed by atoms with Gasteiger partial charge in [0.25, 0.3) is 5.91 Å². The molecule has 6 heteroatoms. The predicted molar refractivity (Wildman–Crippen MR) is 105 cm³/mol. The van der Waals surface area contributed by atoms with Crippen LogP contribution in [0.1, 0.15) is 16.1 Å². The first-order valence-electron chi connectivity index (χ1n) is 8.00. The van der Waals surface area contributed by atoms with E-state index < -0.39 is 0 Å². The Morgan fingerprint density at radius 2 is 1.85 bits per heavy atom. The van der Waals surface area contributed by atoms with Crippen LogP contribution in [0.15, 0.2) is 60.8 Å². The molecule has 0 saturated heterocycles. The Bertz CT molecular complexity index is 927. The van der Waals surface area contributed by atoms with E-state index in [-0.39, 0.29) is 5.91 Å². The monoisotopic (exact) mass is 367 g/mol. The molecule has 0 saturated carbocycles. The molecule has 0 atom stereocenters. The number of rotatable bonds is 5. The summed E-state index contributed by atoms with van der Waals surface area (Å²) < 4.78 is 5.10. The van der Waals surface area contributed by atoms with E-state index in [9.17, 15) is 4.79 Å². The molecule has 1 aromatic heterocycles. The molecular formula is C20H18ClN3O2. The lowest BCUT2D eigenvalue weighted by molar-refractivity contribution is 0.102. The summed E-state index contributed by atoms with van der Waals surface area (Å²) in [5.41, 5.74) is 3.82. The van der Waals surface area contributed by atoms with Crippen molar-refractivity contribution >= 4 is 34.6 Å². The molecule has 0 fully saturated rings. The number of carbonyl (C=O) groups is 1. The zero-order chi connectivity index (χ0) is 18.5. The smallest absolute Gasteiger partial charge is 0.274 e. The van der Waals surface area contributed by atoms with Crippen molar-refractivity contribution in [2.75, 3.05) is 17.7 Å². The summed E-state index contributed by atoms with van der Waals surface area (Å²) in [4.78, 5) is 16.6. The third kappa shape index (κ3) is 4.13. The maximum Gasteiger partial charge on any atom is 0.274 e. The second-order valence-corrected chi connectivity index (χ2v) is 6.08. The van der Waals surface area contributed by atoms with Gasteiger partial charge in [0.2, 0.25) is 0 Å². The summed E-state index contributed by atoms with van der Waals surface area (Å²) in [7, 11) is 1.54. The number of hydrogen-bond donors (Lipinski definition) is 2. The Kier molecular flexibility index (Phi) is 5.39. The van der Waals surface area contributed by atoms with Gasteiger partial charge in [-0.2, -0.15) is 0 Å². The lowest BCUT2D eigenvalue weighted by Crippen LogP contribution is -2.13. The first-order valence-corrected chi connectivity index (χ1v) is 8.38. The molecule has 1 amide bonds. The summed E-state index contributed by atoms with van der Waals surface area (Å²) >= 11 is 6.07. The quantitative estimate of drug-likeness (QED) is 0.662. The highest BCUT2D eigenvalue weighted by Gasteiger charge is 2.10. The maximum absolute atomic E-state index is 12.3. The summed E-state index contributed by atoms with van der Waals surface area (Å²) in [6.45, 7) is 2.03. The molecule has 3 rings (SSSR count). The van der Waals surface area contributed by atoms with Gasteiger partial charge in [-0.05, 0) is 48.9 Å². The fourth-order valence-electron chi connectivity index (χ4n) is 2.41. The van der Waals surface area contributed by atoms with Crippen molar-refractivity contribution in [3.8, 4) is 5.75 Å². The molecule has 0 aliphatic rings. The van der Waals surface area contributed by atoms with Gasteiger partial charge in [-0.1, -0.05) is 29.8 Å². The van der Waals surface area contributed by atoms with E-state index in [0.29, 0.717) is 22.2 Å².